The Morgan fingerprint density at radius 3 is 2.76 bits per heavy atom. The van der Waals surface area contributed by atoms with Gasteiger partial charge in [0, 0.05) is 12.2 Å². The zero-order valence-corrected chi connectivity index (χ0v) is 12.7. The molecule has 0 aromatic rings. The first-order valence-corrected chi connectivity index (χ1v) is 7.58. The SMILES string of the molecule is CCCCCC(C)N1CC(=O)C(=O)NC1=C1C=CC=CN1. The summed E-state index contributed by atoms with van der Waals surface area (Å²) in [6, 6.07) is 0.213. The number of allylic oxidation sites excluding steroid dienone is 3. The van der Waals surface area contributed by atoms with Crippen molar-refractivity contribution in [1.29, 1.82) is 0 Å². The Labute approximate surface area is 125 Å². The number of carbonyl (C=O) groups excluding carboxylic acids is 2. The van der Waals surface area contributed by atoms with E-state index in [0.717, 1.165) is 18.5 Å². The molecule has 1 unspecified atom stereocenters. The van der Waals surface area contributed by atoms with E-state index in [2.05, 4.69) is 24.5 Å². The van der Waals surface area contributed by atoms with Crippen molar-refractivity contribution >= 4 is 11.7 Å². The second-order valence-corrected chi connectivity index (χ2v) is 5.47. The van der Waals surface area contributed by atoms with Gasteiger partial charge < -0.3 is 15.5 Å². The molecule has 2 aliphatic rings. The number of Topliss-reactive ketones (excluding diaryl/α,β-unsaturated/α-hetero) is 1. The van der Waals surface area contributed by atoms with Crippen molar-refractivity contribution in [1.82, 2.24) is 15.5 Å². The summed E-state index contributed by atoms with van der Waals surface area (Å²) in [5, 5.41) is 5.85. The maximum atomic E-state index is 11.7. The van der Waals surface area contributed by atoms with Gasteiger partial charge in [-0.1, -0.05) is 32.3 Å². The van der Waals surface area contributed by atoms with Crippen molar-refractivity contribution in [3.05, 3.63) is 35.9 Å². The molecule has 2 aliphatic heterocycles. The fourth-order valence-electron chi connectivity index (χ4n) is 2.54. The molecule has 1 atom stereocenters. The van der Waals surface area contributed by atoms with Gasteiger partial charge in [0.25, 0.3) is 5.91 Å². The number of hydrogen-bond acceptors (Lipinski definition) is 4. The van der Waals surface area contributed by atoms with Crippen molar-refractivity contribution in [2.75, 3.05) is 6.54 Å². The van der Waals surface area contributed by atoms with Gasteiger partial charge in [-0.25, -0.2) is 0 Å². The minimum atomic E-state index is -0.528. The van der Waals surface area contributed by atoms with Gasteiger partial charge in [-0.15, -0.1) is 0 Å². The number of rotatable bonds is 5. The summed E-state index contributed by atoms with van der Waals surface area (Å²) in [5.74, 6) is -0.208. The molecule has 1 fully saturated rings. The van der Waals surface area contributed by atoms with Crippen molar-refractivity contribution in [3.63, 3.8) is 0 Å². The summed E-state index contributed by atoms with van der Waals surface area (Å²) in [5.41, 5.74) is 0.820. The average Bonchev–Trinajstić information content (AvgIpc) is 2.50. The van der Waals surface area contributed by atoms with Crippen LogP contribution in [0.15, 0.2) is 35.9 Å². The highest BCUT2D eigenvalue weighted by molar-refractivity contribution is 6.38. The first-order chi connectivity index (χ1) is 10.1. The minimum absolute atomic E-state index is 0.150. The third kappa shape index (κ3) is 3.74. The van der Waals surface area contributed by atoms with Crippen molar-refractivity contribution in [2.24, 2.45) is 0 Å². The zero-order valence-electron chi connectivity index (χ0n) is 12.7. The van der Waals surface area contributed by atoms with E-state index < -0.39 is 5.91 Å². The number of unbranched alkanes of at least 4 members (excludes halogenated alkanes) is 2. The van der Waals surface area contributed by atoms with E-state index >= 15 is 0 Å². The molecule has 0 aromatic carbocycles. The van der Waals surface area contributed by atoms with Crippen molar-refractivity contribution < 1.29 is 9.59 Å². The second-order valence-electron chi connectivity index (χ2n) is 5.47. The summed E-state index contributed by atoms with van der Waals surface area (Å²) >= 11 is 0. The standard InChI is InChI=1S/C16H23N3O2/c1-3-4-5-8-12(2)19-11-14(20)16(21)18-15(19)13-9-6-7-10-17-13/h6-7,9-10,12,17H,3-5,8,11H2,1-2H3,(H,18,21). The lowest BCUT2D eigenvalue weighted by atomic mass is 10.1. The minimum Gasteiger partial charge on any atom is -0.359 e. The maximum Gasteiger partial charge on any atom is 0.294 e. The predicted octanol–water partition coefficient (Wildman–Crippen LogP) is 1.80. The third-order valence-corrected chi connectivity index (χ3v) is 3.81. The highest BCUT2D eigenvalue weighted by Gasteiger charge is 2.32. The fraction of sp³-hybridized carbons (Fsp3) is 0.500. The van der Waals surface area contributed by atoms with E-state index in [4.69, 9.17) is 0 Å². The van der Waals surface area contributed by atoms with Crippen molar-refractivity contribution in [3.8, 4) is 0 Å². The highest BCUT2D eigenvalue weighted by Crippen LogP contribution is 2.20. The molecule has 2 rings (SSSR count). The Balaban J connectivity index is 2.17. The molecule has 114 valence electrons. The summed E-state index contributed by atoms with van der Waals surface area (Å²) in [6.07, 6.45) is 12.0. The average molecular weight is 289 g/mol. The van der Waals surface area contributed by atoms with Gasteiger partial charge in [-0.2, -0.15) is 0 Å². The zero-order chi connectivity index (χ0) is 15.2. The number of ketones is 1. The normalized spacial score (nSPS) is 23.0. The first-order valence-electron chi connectivity index (χ1n) is 7.58. The Bertz CT molecular complexity index is 506. The molecule has 2 heterocycles. The molecule has 21 heavy (non-hydrogen) atoms. The Morgan fingerprint density at radius 2 is 2.10 bits per heavy atom. The smallest absolute Gasteiger partial charge is 0.294 e. The summed E-state index contributed by atoms with van der Waals surface area (Å²) < 4.78 is 0. The van der Waals surface area contributed by atoms with E-state index in [-0.39, 0.29) is 18.4 Å². The van der Waals surface area contributed by atoms with Crippen LogP contribution in [-0.2, 0) is 9.59 Å². The molecule has 0 aromatic heterocycles. The van der Waals surface area contributed by atoms with Crippen LogP contribution in [0.4, 0.5) is 0 Å². The number of carbonyl (C=O) groups is 2. The lowest BCUT2D eigenvalue weighted by molar-refractivity contribution is -0.140. The Hall–Kier alpha value is -2.04. The van der Waals surface area contributed by atoms with Gasteiger partial charge in [0.1, 0.15) is 5.82 Å². The largest absolute Gasteiger partial charge is 0.359 e. The van der Waals surface area contributed by atoms with Crippen LogP contribution in [0.2, 0.25) is 0 Å². The highest BCUT2D eigenvalue weighted by atomic mass is 16.2. The van der Waals surface area contributed by atoms with Crippen LogP contribution >= 0.6 is 0 Å². The molecule has 1 saturated heterocycles. The number of amides is 1. The van der Waals surface area contributed by atoms with E-state index in [1.807, 2.05) is 29.3 Å². The van der Waals surface area contributed by atoms with E-state index in [0.29, 0.717) is 5.82 Å². The Kier molecular flexibility index (Phi) is 5.20. The van der Waals surface area contributed by atoms with Crippen LogP contribution in [0.5, 0.6) is 0 Å². The van der Waals surface area contributed by atoms with Crippen LogP contribution in [0, 0.1) is 0 Å². The van der Waals surface area contributed by atoms with Crippen LogP contribution in [-0.4, -0.2) is 29.2 Å². The lowest BCUT2D eigenvalue weighted by Crippen LogP contribution is -2.53. The Morgan fingerprint density at radius 1 is 1.29 bits per heavy atom. The maximum absolute atomic E-state index is 11.7. The molecular formula is C16H23N3O2. The van der Waals surface area contributed by atoms with Gasteiger partial charge >= 0.3 is 0 Å². The second kappa shape index (κ2) is 7.11. The van der Waals surface area contributed by atoms with Crippen LogP contribution in [0.25, 0.3) is 0 Å². The van der Waals surface area contributed by atoms with Crippen LogP contribution in [0.3, 0.4) is 0 Å². The summed E-state index contributed by atoms with van der Waals surface area (Å²) in [7, 11) is 0. The molecule has 1 amide bonds. The van der Waals surface area contributed by atoms with E-state index in [9.17, 15) is 9.59 Å². The molecule has 0 spiro atoms. The molecular weight excluding hydrogens is 266 g/mol. The lowest BCUT2D eigenvalue weighted by Gasteiger charge is -2.37. The van der Waals surface area contributed by atoms with Crippen LogP contribution < -0.4 is 10.6 Å². The van der Waals surface area contributed by atoms with Crippen LogP contribution in [0.1, 0.15) is 39.5 Å². The quantitative estimate of drug-likeness (QED) is 0.598. The van der Waals surface area contributed by atoms with Gasteiger partial charge in [-0.05, 0) is 25.5 Å². The van der Waals surface area contributed by atoms with E-state index in [1.165, 1.54) is 12.8 Å². The number of nitrogens with zero attached hydrogens (tertiary/aromatic N) is 1. The first kappa shape index (κ1) is 15.4. The molecule has 2 N–H and O–H groups in total. The topological polar surface area (TPSA) is 61.4 Å². The number of nitrogens with one attached hydrogen (secondary N) is 2. The molecule has 5 nitrogen and oxygen atoms in total. The fourth-order valence-corrected chi connectivity index (χ4v) is 2.54. The monoisotopic (exact) mass is 289 g/mol. The summed E-state index contributed by atoms with van der Waals surface area (Å²) in [6.45, 7) is 4.42. The van der Waals surface area contributed by atoms with Gasteiger partial charge in [0.2, 0.25) is 5.78 Å². The van der Waals surface area contributed by atoms with Gasteiger partial charge in [0.05, 0.1) is 12.2 Å². The molecule has 5 heteroatoms. The molecule has 0 saturated carbocycles. The molecule has 0 radical (unpaired) electrons. The van der Waals surface area contributed by atoms with E-state index in [1.54, 1.807) is 0 Å². The third-order valence-electron chi connectivity index (χ3n) is 3.81. The van der Waals surface area contributed by atoms with Gasteiger partial charge in [0.15, 0.2) is 0 Å². The molecule has 0 aliphatic carbocycles. The molecule has 0 bridgehead atoms. The van der Waals surface area contributed by atoms with Crippen molar-refractivity contribution in [2.45, 2.75) is 45.6 Å². The summed E-state index contributed by atoms with van der Waals surface area (Å²) in [4.78, 5) is 25.4. The predicted molar refractivity (Wildman–Crippen MR) is 81.9 cm³/mol. The number of hydrogen-bond donors (Lipinski definition) is 2. The van der Waals surface area contributed by atoms with Gasteiger partial charge in [-0.3, -0.25) is 9.59 Å². The number of dihydropyridines is 1.